The van der Waals surface area contributed by atoms with Crippen LogP contribution in [-0.4, -0.2) is 44.8 Å². The molecule has 0 bridgehead atoms. The Morgan fingerprint density at radius 1 is 0.837 bits per heavy atom. The monoisotopic (exact) mass is 657 g/mol. The Morgan fingerprint density at radius 2 is 1.49 bits per heavy atom. The van der Waals surface area contributed by atoms with Crippen molar-refractivity contribution in [1.82, 2.24) is 10.2 Å². The molecule has 0 saturated carbocycles. The number of halogens is 3. The van der Waals surface area contributed by atoms with Crippen LogP contribution in [0.2, 0.25) is 15.1 Å². The predicted octanol–water partition coefficient (Wildman–Crippen LogP) is 6.54. The Balaban J connectivity index is 1.83. The third-order valence-electron chi connectivity index (χ3n) is 6.99. The van der Waals surface area contributed by atoms with Gasteiger partial charge in [0, 0.05) is 35.1 Å². The number of nitrogens with zero attached hydrogens (tertiary/aromatic N) is 2. The Kier molecular flexibility index (Phi) is 10.7. The minimum Gasteiger partial charge on any atom is -0.357 e. The maximum atomic E-state index is 14.4. The van der Waals surface area contributed by atoms with Crippen LogP contribution in [-0.2, 0) is 32.6 Å². The molecule has 2 amide bonds. The van der Waals surface area contributed by atoms with Gasteiger partial charge in [-0.25, -0.2) is 8.42 Å². The van der Waals surface area contributed by atoms with E-state index in [2.05, 4.69) is 5.32 Å². The zero-order valence-electron chi connectivity index (χ0n) is 23.5. The van der Waals surface area contributed by atoms with Crippen molar-refractivity contribution >= 4 is 62.3 Å². The molecular formula is C32H30Cl3N3O4S. The number of benzene rings is 4. The van der Waals surface area contributed by atoms with Gasteiger partial charge in [-0.05, 0) is 60.0 Å². The lowest BCUT2D eigenvalue weighted by molar-refractivity contribution is -0.139. The van der Waals surface area contributed by atoms with E-state index < -0.39 is 34.4 Å². The summed E-state index contributed by atoms with van der Waals surface area (Å²) in [5, 5.41) is 3.71. The van der Waals surface area contributed by atoms with Crippen LogP contribution in [0.3, 0.4) is 0 Å². The van der Waals surface area contributed by atoms with Gasteiger partial charge in [-0.2, -0.15) is 0 Å². The average Bonchev–Trinajstić information content (AvgIpc) is 3.00. The van der Waals surface area contributed by atoms with Gasteiger partial charge in [0.1, 0.15) is 12.6 Å². The lowest BCUT2D eigenvalue weighted by Gasteiger charge is -2.34. The molecule has 4 aromatic rings. The van der Waals surface area contributed by atoms with Gasteiger partial charge in [-0.3, -0.25) is 13.9 Å². The maximum Gasteiger partial charge on any atom is 0.264 e. The van der Waals surface area contributed by atoms with Crippen molar-refractivity contribution in [3.8, 4) is 0 Å². The summed E-state index contributed by atoms with van der Waals surface area (Å²) in [7, 11) is -2.75. The van der Waals surface area contributed by atoms with Gasteiger partial charge in [-0.1, -0.05) is 95.5 Å². The fraction of sp³-hybridized carbons (Fsp3) is 0.188. The highest BCUT2D eigenvalue weighted by molar-refractivity contribution is 7.92. The molecule has 1 atom stereocenters. The summed E-state index contributed by atoms with van der Waals surface area (Å²) in [6.45, 7) is 1.00. The van der Waals surface area contributed by atoms with Crippen LogP contribution in [0.4, 0.5) is 5.69 Å². The minimum atomic E-state index is -4.24. The van der Waals surface area contributed by atoms with E-state index in [0.29, 0.717) is 26.2 Å². The smallest absolute Gasteiger partial charge is 0.264 e. The third kappa shape index (κ3) is 7.70. The van der Waals surface area contributed by atoms with E-state index in [0.717, 1.165) is 9.87 Å². The van der Waals surface area contributed by atoms with Gasteiger partial charge in [0.15, 0.2) is 0 Å². The molecule has 0 saturated heterocycles. The molecule has 7 nitrogen and oxygen atoms in total. The van der Waals surface area contributed by atoms with E-state index in [1.807, 2.05) is 30.3 Å². The van der Waals surface area contributed by atoms with Gasteiger partial charge in [0.2, 0.25) is 11.8 Å². The molecule has 0 radical (unpaired) electrons. The normalized spacial score (nSPS) is 11.9. The molecule has 0 aliphatic rings. The number of rotatable bonds is 11. The number of sulfonamides is 1. The molecule has 0 aromatic heterocycles. The Hall–Kier alpha value is -3.56. The van der Waals surface area contributed by atoms with Crippen molar-refractivity contribution < 1.29 is 18.0 Å². The van der Waals surface area contributed by atoms with Crippen molar-refractivity contribution in [2.75, 3.05) is 17.9 Å². The number of hydrogen-bond donors (Lipinski definition) is 1. The van der Waals surface area contributed by atoms with Crippen LogP contribution >= 0.6 is 34.8 Å². The summed E-state index contributed by atoms with van der Waals surface area (Å²) in [6.07, 6.45) is 0.180. The second-order valence-electron chi connectivity index (χ2n) is 9.79. The highest BCUT2D eigenvalue weighted by atomic mass is 35.5. The molecule has 11 heteroatoms. The Morgan fingerprint density at radius 3 is 2.12 bits per heavy atom. The molecule has 1 N–H and O–H groups in total. The second kappa shape index (κ2) is 14.3. The molecule has 0 spiro atoms. The first-order chi connectivity index (χ1) is 20.5. The van der Waals surface area contributed by atoms with E-state index in [9.17, 15) is 18.0 Å². The van der Waals surface area contributed by atoms with Crippen molar-refractivity contribution in [3.05, 3.63) is 129 Å². The predicted molar refractivity (Wildman–Crippen MR) is 172 cm³/mol. The minimum absolute atomic E-state index is 0.00149. The molecule has 4 rings (SSSR count). The van der Waals surface area contributed by atoms with Crippen molar-refractivity contribution in [2.24, 2.45) is 0 Å². The number of amides is 2. The highest BCUT2D eigenvalue weighted by Gasteiger charge is 2.35. The fourth-order valence-corrected chi connectivity index (χ4v) is 6.78. The van der Waals surface area contributed by atoms with Gasteiger partial charge in [-0.15, -0.1) is 0 Å². The molecular weight excluding hydrogens is 629 g/mol. The van der Waals surface area contributed by atoms with Crippen molar-refractivity contribution in [3.63, 3.8) is 0 Å². The summed E-state index contributed by atoms with van der Waals surface area (Å²) in [4.78, 5) is 29.1. The second-order valence-corrected chi connectivity index (χ2v) is 12.9. The van der Waals surface area contributed by atoms with Gasteiger partial charge >= 0.3 is 0 Å². The van der Waals surface area contributed by atoms with E-state index in [4.69, 9.17) is 34.8 Å². The molecule has 43 heavy (non-hydrogen) atoms. The summed E-state index contributed by atoms with van der Waals surface area (Å²) in [5.74, 6) is -1.03. The maximum absolute atomic E-state index is 14.4. The van der Waals surface area contributed by atoms with Gasteiger partial charge in [0.05, 0.1) is 10.6 Å². The lowest BCUT2D eigenvalue weighted by atomic mass is 10.0. The first-order valence-corrected chi connectivity index (χ1v) is 15.9. The number of carbonyl (C=O) groups is 2. The summed E-state index contributed by atoms with van der Waals surface area (Å²) < 4.78 is 29.1. The van der Waals surface area contributed by atoms with Crippen LogP contribution in [0.1, 0.15) is 16.7 Å². The molecule has 4 aromatic carbocycles. The van der Waals surface area contributed by atoms with Crippen LogP contribution < -0.4 is 9.62 Å². The largest absolute Gasteiger partial charge is 0.357 e. The standard InChI is InChI=1S/C32H30Cl3N3O4S/c1-22-27(34)14-9-15-29(22)38(43(41,42)26-12-7-4-8-13-26)21-31(39)37(20-24-16-17-25(33)19-28(24)35)30(32(40)36-2)18-23-10-5-3-6-11-23/h3-17,19,30H,18,20-21H2,1-2H3,(H,36,40)/t30-/m1/s1. The van der Waals surface area contributed by atoms with Crippen molar-refractivity contribution in [2.45, 2.75) is 30.8 Å². The molecule has 0 unspecified atom stereocenters. The van der Waals surface area contributed by atoms with Crippen LogP contribution in [0.15, 0.2) is 102 Å². The van der Waals surface area contributed by atoms with E-state index >= 15 is 0 Å². The lowest BCUT2D eigenvalue weighted by Crippen LogP contribution is -2.53. The fourth-order valence-electron chi connectivity index (χ4n) is 4.65. The number of carbonyl (C=O) groups excluding carboxylic acids is 2. The van der Waals surface area contributed by atoms with Gasteiger partial charge in [0.25, 0.3) is 10.0 Å². The number of anilines is 1. The molecule has 0 heterocycles. The van der Waals surface area contributed by atoms with E-state index in [-0.39, 0.29) is 23.5 Å². The van der Waals surface area contributed by atoms with E-state index in [1.54, 1.807) is 61.5 Å². The van der Waals surface area contributed by atoms with Crippen LogP contribution in [0, 0.1) is 6.92 Å². The Labute approximate surface area is 267 Å². The molecule has 0 fully saturated rings. The van der Waals surface area contributed by atoms with Crippen LogP contribution in [0.5, 0.6) is 0 Å². The first kappa shape index (κ1) is 32.4. The number of nitrogens with one attached hydrogen (secondary N) is 1. The summed E-state index contributed by atoms with van der Waals surface area (Å²) in [6, 6.07) is 25.8. The molecule has 0 aliphatic heterocycles. The van der Waals surface area contributed by atoms with Crippen molar-refractivity contribution in [1.29, 1.82) is 0 Å². The Bertz CT molecular complexity index is 1700. The summed E-state index contributed by atoms with van der Waals surface area (Å²) >= 11 is 19.0. The quantitative estimate of drug-likeness (QED) is 0.198. The highest BCUT2D eigenvalue weighted by Crippen LogP contribution is 2.32. The summed E-state index contributed by atoms with van der Waals surface area (Å²) in [5.41, 5.74) is 2.08. The first-order valence-electron chi connectivity index (χ1n) is 13.3. The average molecular weight is 659 g/mol. The zero-order chi connectivity index (χ0) is 31.1. The zero-order valence-corrected chi connectivity index (χ0v) is 26.6. The number of hydrogen-bond acceptors (Lipinski definition) is 4. The van der Waals surface area contributed by atoms with Gasteiger partial charge < -0.3 is 10.2 Å². The third-order valence-corrected chi connectivity index (χ3v) is 9.76. The molecule has 0 aliphatic carbocycles. The van der Waals surface area contributed by atoms with E-state index in [1.165, 1.54) is 24.1 Å². The molecule has 224 valence electrons. The topological polar surface area (TPSA) is 86.8 Å². The van der Waals surface area contributed by atoms with Crippen LogP contribution in [0.25, 0.3) is 0 Å². The SMILES string of the molecule is CNC(=O)[C@@H](Cc1ccccc1)N(Cc1ccc(Cl)cc1Cl)C(=O)CN(c1cccc(Cl)c1C)S(=O)(=O)c1ccccc1. The number of likely N-dealkylation sites (N-methyl/N-ethyl adjacent to an activating group) is 1.